The standard InChI is InChI=1S/C37H67NO6S/c1-3-5-7-9-11-13-15-17-18-20-22-24-26-28-30-32-36(40)37(41)38-34(33-45(42,43)44)35(39)31-29-27-25-23-21-19-16-14-12-10-8-6-4-2/h12,14,18,20-21,23,29,31,34-36,39-40H,3-11,13,15-17,19,22,24-28,30,32-33H2,1-2H3,(H,38,41)(H,42,43,44)/b14-12+,20-18-,23-21+,31-29+. The molecule has 0 rings (SSSR count). The first-order valence-electron chi connectivity index (χ1n) is 17.9. The number of aliphatic hydroxyl groups excluding tert-OH is 2. The van der Waals surface area contributed by atoms with Gasteiger partial charge in [0.25, 0.3) is 10.1 Å². The maximum Gasteiger partial charge on any atom is 0.267 e. The third kappa shape index (κ3) is 30.7. The SMILES string of the molecule is CCCCC/C=C/CC/C=C/CC/C=C/C(O)C(CS(=O)(=O)O)NC(=O)C(O)CCCCCC/C=C\CCCCCCCCC. The van der Waals surface area contributed by atoms with Crippen molar-refractivity contribution < 1.29 is 28.0 Å². The smallest absolute Gasteiger partial charge is 0.267 e. The highest BCUT2D eigenvalue weighted by atomic mass is 32.2. The Morgan fingerprint density at radius 3 is 1.51 bits per heavy atom. The molecule has 0 radical (unpaired) electrons. The summed E-state index contributed by atoms with van der Waals surface area (Å²) in [6.07, 6.45) is 37.4. The highest BCUT2D eigenvalue weighted by Crippen LogP contribution is 2.12. The van der Waals surface area contributed by atoms with Crippen molar-refractivity contribution >= 4 is 16.0 Å². The summed E-state index contributed by atoms with van der Waals surface area (Å²) in [5.74, 6) is -1.58. The molecule has 0 aromatic rings. The molecule has 45 heavy (non-hydrogen) atoms. The number of aliphatic hydroxyl groups is 2. The summed E-state index contributed by atoms with van der Waals surface area (Å²) in [7, 11) is -4.45. The van der Waals surface area contributed by atoms with Crippen LogP contribution in [0.5, 0.6) is 0 Å². The number of allylic oxidation sites excluding steroid dienone is 7. The van der Waals surface area contributed by atoms with E-state index in [9.17, 15) is 28.0 Å². The van der Waals surface area contributed by atoms with E-state index >= 15 is 0 Å². The van der Waals surface area contributed by atoms with Gasteiger partial charge >= 0.3 is 0 Å². The number of carbonyl (C=O) groups is 1. The molecule has 0 aliphatic rings. The Morgan fingerprint density at radius 1 is 0.600 bits per heavy atom. The molecule has 3 unspecified atom stereocenters. The summed E-state index contributed by atoms with van der Waals surface area (Å²) in [5.41, 5.74) is 0. The van der Waals surface area contributed by atoms with Gasteiger partial charge in [0.2, 0.25) is 5.91 Å². The molecule has 8 heteroatoms. The zero-order valence-corrected chi connectivity index (χ0v) is 29.4. The Kier molecular flexibility index (Phi) is 29.7. The van der Waals surface area contributed by atoms with Crippen molar-refractivity contribution in [2.75, 3.05) is 5.75 Å². The lowest BCUT2D eigenvalue weighted by molar-refractivity contribution is -0.130. The van der Waals surface area contributed by atoms with Crippen molar-refractivity contribution in [3.63, 3.8) is 0 Å². The number of carbonyl (C=O) groups excluding carboxylic acids is 1. The summed E-state index contributed by atoms with van der Waals surface area (Å²) in [6, 6.07) is -1.26. The van der Waals surface area contributed by atoms with Gasteiger partial charge < -0.3 is 15.5 Å². The fourth-order valence-electron chi connectivity index (χ4n) is 5.01. The Labute approximate surface area is 276 Å². The number of nitrogens with one attached hydrogen (secondary N) is 1. The molecule has 0 fully saturated rings. The lowest BCUT2D eigenvalue weighted by Gasteiger charge is -2.22. The molecule has 262 valence electrons. The Hall–Kier alpha value is -1.74. The maximum absolute atomic E-state index is 12.5. The van der Waals surface area contributed by atoms with Gasteiger partial charge in [-0.2, -0.15) is 8.42 Å². The first kappa shape index (κ1) is 43.3. The Bertz CT molecular complexity index is 912. The van der Waals surface area contributed by atoms with Crippen molar-refractivity contribution in [1.82, 2.24) is 5.32 Å². The third-order valence-electron chi connectivity index (χ3n) is 7.81. The van der Waals surface area contributed by atoms with Crippen LogP contribution >= 0.6 is 0 Å². The number of hydrogen-bond acceptors (Lipinski definition) is 5. The molecule has 1 amide bonds. The van der Waals surface area contributed by atoms with E-state index in [1.807, 2.05) is 0 Å². The van der Waals surface area contributed by atoms with E-state index in [0.29, 0.717) is 12.8 Å². The molecular weight excluding hydrogens is 586 g/mol. The predicted octanol–water partition coefficient (Wildman–Crippen LogP) is 8.93. The molecule has 0 aliphatic carbocycles. The topological polar surface area (TPSA) is 124 Å². The van der Waals surface area contributed by atoms with Crippen LogP contribution < -0.4 is 5.32 Å². The van der Waals surface area contributed by atoms with Gasteiger partial charge in [-0.25, -0.2) is 0 Å². The van der Waals surface area contributed by atoms with E-state index in [1.165, 1.54) is 70.3 Å². The van der Waals surface area contributed by atoms with Crippen LogP contribution in [0, 0.1) is 0 Å². The molecule has 4 N–H and O–H groups in total. The largest absolute Gasteiger partial charge is 0.387 e. The molecule has 0 saturated carbocycles. The number of hydrogen-bond donors (Lipinski definition) is 4. The van der Waals surface area contributed by atoms with E-state index in [1.54, 1.807) is 6.08 Å². The lowest BCUT2D eigenvalue weighted by atomic mass is 10.1. The van der Waals surface area contributed by atoms with Crippen LogP contribution in [0.25, 0.3) is 0 Å². The van der Waals surface area contributed by atoms with Crippen molar-refractivity contribution in [2.45, 2.75) is 173 Å². The highest BCUT2D eigenvalue weighted by molar-refractivity contribution is 7.85. The average Bonchev–Trinajstić information content (AvgIpc) is 3.00. The minimum absolute atomic E-state index is 0.255. The number of amides is 1. The minimum atomic E-state index is -4.45. The van der Waals surface area contributed by atoms with Crippen LogP contribution in [0.2, 0.25) is 0 Å². The minimum Gasteiger partial charge on any atom is -0.387 e. The predicted molar refractivity (Wildman–Crippen MR) is 190 cm³/mol. The summed E-state index contributed by atoms with van der Waals surface area (Å²) in [4.78, 5) is 12.5. The first-order valence-corrected chi connectivity index (χ1v) is 19.6. The number of rotatable bonds is 31. The van der Waals surface area contributed by atoms with E-state index in [-0.39, 0.29) is 6.42 Å². The fraction of sp³-hybridized carbons (Fsp3) is 0.757. The van der Waals surface area contributed by atoms with Crippen LogP contribution in [0.1, 0.15) is 155 Å². The van der Waals surface area contributed by atoms with Crippen molar-refractivity contribution in [1.29, 1.82) is 0 Å². The molecule has 0 aromatic carbocycles. The quantitative estimate of drug-likeness (QED) is 0.0336. The van der Waals surface area contributed by atoms with E-state index < -0.39 is 40.0 Å². The second-order valence-corrected chi connectivity index (χ2v) is 13.8. The van der Waals surface area contributed by atoms with E-state index in [4.69, 9.17) is 0 Å². The van der Waals surface area contributed by atoms with E-state index in [0.717, 1.165) is 57.8 Å². The summed E-state index contributed by atoms with van der Waals surface area (Å²) >= 11 is 0. The van der Waals surface area contributed by atoms with Crippen LogP contribution in [0.4, 0.5) is 0 Å². The van der Waals surface area contributed by atoms with Crippen LogP contribution in [0.3, 0.4) is 0 Å². The van der Waals surface area contributed by atoms with Crippen LogP contribution in [0.15, 0.2) is 48.6 Å². The molecule has 7 nitrogen and oxygen atoms in total. The average molecular weight is 654 g/mol. The molecule has 0 bridgehead atoms. The number of unbranched alkanes of at least 4 members (excludes halogenated alkanes) is 16. The molecule has 0 aromatic heterocycles. The fourth-order valence-corrected chi connectivity index (χ4v) is 5.74. The zero-order chi connectivity index (χ0) is 33.4. The molecule has 0 heterocycles. The lowest BCUT2D eigenvalue weighted by Crippen LogP contribution is -2.50. The third-order valence-corrected chi connectivity index (χ3v) is 8.59. The molecular formula is C37H67NO6S. The van der Waals surface area contributed by atoms with Crippen molar-refractivity contribution in [2.24, 2.45) is 0 Å². The Balaban J connectivity index is 4.23. The van der Waals surface area contributed by atoms with Gasteiger partial charge in [0.05, 0.1) is 17.9 Å². The highest BCUT2D eigenvalue weighted by Gasteiger charge is 2.27. The molecule has 0 aliphatic heterocycles. The zero-order valence-electron chi connectivity index (χ0n) is 28.6. The van der Waals surface area contributed by atoms with Gasteiger partial charge in [-0.1, -0.05) is 133 Å². The van der Waals surface area contributed by atoms with Crippen LogP contribution in [-0.2, 0) is 14.9 Å². The van der Waals surface area contributed by atoms with E-state index in [2.05, 4.69) is 55.6 Å². The Morgan fingerprint density at radius 2 is 1.00 bits per heavy atom. The monoisotopic (exact) mass is 653 g/mol. The van der Waals surface area contributed by atoms with Gasteiger partial charge in [-0.3, -0.25) is 9.35 Å². The molecule has 3 atom stereocenters. The molecule has 0 spiro atoms. The second-order valence-electron chi connectivity index (χ2n) is 12.3. The summed E-state index contributed by atoms with van der Waals surface area (Å²) < 4.78 is 32.3. The van der Waals surface area contributed by atoms with Gasteiger partial charge in [0.1, 0.15) is 6.10 Å². The van der Waals surface area contributed by atoms with Crippen molar-refractivity contribution in [3.05, 3.63) is 48.6 Å². The van der Waals surface area contributed by atoms with Crippen LogP contribution in [-0.4, -0.2) is 53.1 Å². The summed E-state index contributed by atoms with van der Waals surface area (Å²) in [6.45, 7) is 4.44. The van der Waals surface area contributed by atoms with Crippen molar-refractivity contribution in [3.8, 4) is 0 Å². The maximum atomic E-state index is 12.5. The van der Waals surface area contributed by atoms with Gasteiger partial charge in [0, 0.05) is 0 Å². The van der Waals surface area contributed by atoms with Gasteiger partial charge in [0.15, 0.2) is 0 Å². The normalized spacial score (nSPS) is 14.7. The summed E-state index contributed by atoms with van der Waals surface area (Å²) in [5, 5.41) is 23.2. The first-order chi connectivity index (χ1) is 21.7. The van der Waals surface area contributed by atoms with Gasteiger partial charge in [-0.05, 0) is 70.6 Å². The van der Waals surface area contributed by atoms with Gasteiger partial charge in [-0.15, -0.1) is 0 Å². The second kappa shape index (κ2) is 30.9. The molecule has 0 saturated heterocycles.